The predicted molar refractivity (Wildman–Crippen MR) is 218 cm³/mol. The number of aliphatic hydroxyl groups is 1. The Morgan fingerprint density at radius 1 is 0.723 bits per heavy atom. The van der Waals surface area contributed by atoms with Gasteiger partial charge in [-0.05, 0) is 42.0 Å². The maximum atomic E-state index is 12.3. The van der Waals surface area contributed by atoms with Gasteiger partial charge in [0.25, 0.3) is 5.56 Å². The molecule has 2 aliphatic rings. The van der Waals surface area contributed by atoms with Crippen LogP contribution in [0.1, 0.15) is 60.9 Å². The van der Waals surface area contributed by atoms with Crippen molar-refractivity contribution in [3.05, 3.63) is 92.3 Å². The molecule has 9 N–H and O–H groups in total. The lowest BCUT2D eigenvalue weighted by Crippen LogP contribution is -2.33. The SMILES string of the molecule is Cc1cn([C@H]2C[C@@H](O)[C@@H](COP(=O)(O)OP(=O)(O)OP(=O)(O)OP(=O)(O)OP(=O)(O)OP(=O)(O)OCCCCCCNC(=O)OCC3c4ccccc4-c4ccccc43)O2)c(=O)[nH]c1=O. The van der Waals surface area contributed by atoms with Crippen molar-refractivity contribution < 1.29 is 107 Å². The Morgan fingerprint density at radius 3 is 1.77 bits per heavy atom. The van der Waals surface area contributed by atoms with E-state index in [0.29, 0.717) is 19.3 Å². The molecule has 2 aromatic carbocycles. The van der Waals surface area contributed by atoms with Gasteiger partial charge in [-0.1, -0.05) is 61.4 Å². The van der Waals surface area contributed by atoms with Gasteiger partial charge >= 0.3 is 58.7 Å². The van der Waals surface area contributed by atoms with E-state index < -0.39 is 95.9 Å². The molecular formula is C31H43N3O25P6. The molecule has 362 valence electrons. The number of benzene rings is 2. The van der Waals surface area contributed by atoms with E-state index in [1.807, 2.05) is 53.5 Å². The fourth-order valence-electron chi connectivity index (χ4n) is 6.36. The van der Waals surface area contributed by atoms with Gasteiger partial charge < -0.3 is 49.3 Å². The van der Waals surface area contributed by atoms with Gasteiger partial charge in [0.05, 0.1) is 19.3 Å². The Bertz CT molecular complexity index is 2580. The summed E-state index contributed by atoms with van der Waals surface area (Å²) in [7, 11) is -37.0. The summed E-state index contributed by atoms with van der Waals surface area (Å²) in [5.41, 5.74) is 2.68. The summed E-state index contributed by atoms with van der Waals surface area (Å²) in [5, 5.41) is 12.9. The van der Waals surface area contributed by atoms with Gasteiger partial charge in [0, 0.05) is 30.6 Å². The Kier molecular flexibility index (Phi) is 17.7. The normalized spacial score (nSPS) is 22.8. The number of aryl methyl sites for hydroxylation is 1. The van der Waals surface area contributed by atoms with Crippen LogP contribution in [0.5, 0.6) is 0 Å². The number of phosphoric acid groups is 6. The second-order valence-electron chi connectivity index (χ2n) is 13.9. The third-order valence-corrected chi connectivity index (χ3v) is 18.3. The molecule has 1 fully saturated rings. The number of aromatic nitrogens is 2. The molecule has 6 unspecified atom stereocenters. The fraction of sp³-hybridized carbons (Fsp3) is 0.452. The minimum atomic E-state index is -6.50. The number of aromatic amines is 1. The van der Waals surface area contributed by atoms with Crippen LogP contribution in [-0.4, -0.2) is 88.7 Å². The molecule has 1 aliphatic carbocycles. The maximum absolute atomic E-state index is 12.3. The first-order valence-corrected chi connectivity index (χ1v) is 27.7. The number of H-pyrrole nitrogens is 1. The molecule has 1 amide bonds. The molecule has 0 radical (unpaired) electrons. The van der Waals surface area contributed by atoms with Crippen LogP contribution in [0.15, 0.2) is 64.3 Å². The summed E-state index contributed by atoms with van der Waals surface area (Å²) in [6, 6.07) is 15.7. The number of hydrogen-bond acceptors (Lipinski definition) is 19. The summed E-state index contributed by atoms with van der Waals surface area (Å²) in [6.07, 6.45) is -2.83. The minimum Gasteiger partial charge on any atom is -0.449 e. The number of fused-ring (bicyclic) bond motifs is 3. The second kappa shape index (κ2) is 21.6. The van der Waals surface area contributed by atoms with E-state index in [-0.39, 0.29) is 37.5 Å². The van der Waals surface area contributed by atoms with Crippen LogP contribution in [0.25, 0.3) is 11.1 Å². The average molecular weight is 1040 g/mol. The lowest BCUT2D eigenvalue weighted by Gasteiger charge is -2.21. The maximum Gasteiger partial charge on any atom is 0.490 e. The first kappa shape index (κ1) is 53.1. The molecule has 1 aliphatic heterocycles. The zero-order chi connectivity index (χ0) is 48.0. The molecule has 34 heteroatoms. The zero-order valence-electron chi connectivity index (χ0n) is 33.5. The number of carbonyl (C=O) groups excluding carboxylic acids is 1. The van der Waals surface area contributed by atoms with Gasteiger partial charge in [0.15, 0.2) is 0 Å². The van der Waals surface area contributed by atoms with E-state index in [4.69, 9.17) is 9.47 Å². The average Bonchev–Trinajstić information content (AvgIpc) is 3.69. The topological polar surface area (TPSA) is 411 Å². The van der Waals surface area contributed by atoms with Crippen LogP contribution >= 0.6 is 46.9 Å². The lowest BCUT2D eigenvalue weighted by molar-refractivity contribution is -0.0450. The largest absolute Gasteiger partial charge is 0.490 e. The molecule has 65 heavy (non-hydrogen) atoms. The summed E-state index contributed by atoms with van der Waals surface area (Å²) >= 11 is 0. The summed E-state index contributed by atoms with van der Waals surface area (Å²) in [4.78, 5) is 96.7. The third-order valence-electron chi connectivity index (χ3n) is 9.03. The van der Waals surface area contributed by atoms with Crippen molar-refractivity contribution in [3.8, 4) is 11.1 Å². The first-order valence-electron chi connectivity index (χ1n) is 18.7. The summed E-state index contributed by atoms with van der Waals surface area (Å²) in [5.74, 6) is -0.127. The van der Waals surface area contributed by atoms with Gasteiger partial charge in [-0.3, -0.25) is 23.4 Å². The van der Waals surface area contributed by atoms with E-state index in [0.717, 1.165) is 33.0 Å². The van der Waals surface area contributed by atoms with Crippen LogP contribution in [0, 0.1) is 6.92 Å². The number of nitrogens with zero attached hydrogens (tertiary/aromatic N) is 1. The molecule has 1 aromatic heterocycles. The number of alkyl carbamates (subject to hydrolysis) is 1. The molecule has 1 saturated heterocycles. The number of phosphoric ester groups is 2. The monoisotopic (exact) mass is 1040 g/mol. The molecule has 0 bridgehead atoms. The number of unbranched alkanes of at least 4 members (excludes halogenated alkanes) is 3. The molecular weight excluding hydrogens is 1000 g/mol. The fourth-order valence-corrected chi connectivity index (χ4v) is 14.2. The Morgan fingerprint density at radius 2 is 1.22 bits per heavy atom. The number of ether oxygens (including phenoxy) is 2. The quantitative estimate of drug-likeness (QED) is 0.0446. The molecule has 2 heterocycles. The number of hydrogen-bond donors (Lipinski definition) is 9. The van der Waals surface area contributed by atoms with Crippen LogP contribution in [-0.2, 0) is 67.5 Å². The van der Waals surface area contributed by atoms with Gasteiger partial charge in [0.2, 0.25) is 0 Å². The van der Waals surface area contributed by atoms with E-state index in [2.05, 4.69) is 35.9 Å². The molecule has 5 rings (SSSR count). The standard InChI is InChI=1S/C31H43N3O25P6/c1-20-17-34(30(37)33-29(20)36)28-16-26(35)27(54-28)19-53-61(41,42)56-63(45,46)58-65(49,50)59-64(47,48)57-62(43,44)55-60(39,40)52-15-9-3-2-8-14-32-31(38)51-18-25-23-12-6-4-10-21(23)22-11-5-7-13-24(22)25/h4-7,10-13,17,25-28,35H,2-3,8-9,14-16,18-19H2,1H3,(H,32,38)(H,39,40)(H,41,42)(H,43,44)(H,45,46)(H,47,48)(H,49,50)(H,33,36,37)/t26-,27-,28-/m1/s1. The van der Waals surface area contributed by atoms with E-state index in [1.54, 1.807) is 0 Å². The highest BCUT2D eigenvalue weighted by atomic mass is 31.3. The molecule has 0 saturated carbocycles. The third kappa shape index (κ3) is 15.9. The lowest BCUT2D eigenvalue weighted by atomic mass is 9.98. The zero-order valence-corrected chi connectivity index (χ0v) is 38.8. The number of rotatable bonds is 24. The molecule has 28 nitrogen and oxygen atoms in total. The van der Waals surface area contributed by atoms with Crippen molar-refractivity contribution in [2.24, 2.45) is 0 Å². The van der Waals surface area contributed by atoms with Crippen molar-refractivity contribution in [2.75, 3.05) is 26.4 Å². The number of amides is 1. The smallest absolute Gasteiger partial charge is 0.449 e. The van der Waals surface area contributed by atoms with Gasteiger partial charge in [-0.25, -0.2) is 37.0 Å². The van der Waals surface area contributed by atoms with E-state index in [9.17, 15) is 76.2 Å². The van der Waals surface area contributed by atoms with Crippen molar-refractivity contribution in [1.82, 2.24) is 14.9 Å². The van der Waals surface area contributed by atoms with Crippen LogP contribution in [0.2, 0.25) is 0 Å². The molecule has 0 spiro atoms. The number of carbonyl (C=O) groups is 1. The van der Waals surface area contributed by atoms with Gasteiger partial charge in [-0.2, -0.15) is 21.6 Å². The van der Waals surface area contributed by atoms with E-state index >= 15 is 0 Å². The Hall–Kier alpha value is -2.83. The summed E-state index contributed by atoms with van der Waals surface area (Å²) in [6.45, 7) is -0.00155. The second-order valence-corrected chi connectivity index (χ2v) is 23.3. The highest BCUT2D eigenvalue weighted by Gasteiger charge is 2.50. The van der Waals surface area contributed by atoms with E-state index in [1.165, 1.54) is 6.92 Å². The Balaban J connectivity index is 0.974. The number of nitrogens with one attached hydrogen (secondary N) is 2. The van der Waals surface area contributed by atoms with Gasteiger partial charge in [0.1, 0.15) is 18.9 Å². The molecule has 3 aromatic rings. The first-order chi connectivity index (χ1) is 30.2. The molecule has 9 atom stereocenters. The van der Waals surface area contributed by atoms with Crippen molar-refractivity contribution >= 4 is 53.0 Å². The highest BCUT2D eigenvalue weighted by molar-refractivity contribution is 7.72. The van der Waals surface area contributed by atoms with Crippen molar-refractivity contribution in [2.45, 2.75) is 63.4 Å². The number of aliphatic hydroxyl groups excluding tert-OH is 1. The minimum absolute atomic E-state index is 0.0500. The van der Waals surface area contributed by atoms with Crippen molar-refractivity contribution in [1.29, 1.82) is 0 Å². The van der Waals surface area contributed by atoms with Gasteiger partial charge in [-0.15, -0.1) is 0 Å². The van der Waals surface area contributed by atoms with Crippen LogP contribution in [0.3, 0.4) is 0 Å². The van der Waals surface area contributed by atoms with Crippen LogP contribution < -0.4 is 16.6 Å². The Labute approximate surface area is 367 Å². The van der Waals surface area contributed by atoms with Crippen molar-refractivity contribution in [3.63, 3.8) is 0 Å². The highest BCUT2D eigenvalue weighted by Crippen LogP contribution is 2.75. The van der Waals surface area contributed by atoms with Crippen LogP contribution in [0.4, 0.5) is 4.79 Å². The predicted octanol–water partition coefficient (Wildman–Crippen LogP) is 4.31. The summed E-state index contributed by atoms with van der Waals surface area (Å²) < 4.78 is 113.